The van der Waals surface area contributed by atoms with Crippen LogP contribution in [0.1, 0.15) is 5.56 Å². The van der Waals surface area contributed by atoms with Crippen molar-refractivity contribution in [2.45, 2.75) is 6.42 Å². The van der Waals surface area contributed by atoms with Crippen LogP contribution in [-0.2, 0) is 11.2 Å². The molecule has 3 N–H and O–H groups in total. The normalized spacial score (nSPS) is 13.3. The van der Waals surface area contributed by atoms with Crippen molar-refractivity contribution in [2.24, 2.45) is 0 Å². The number of carbonyl (C=O) groups excluding carboxylic acids is 1. The zero-order chi connectivity index (χ0) is 12.7. The number of fused-ring (bicyclic) bond motifs is 1. The van der Waals surface area contributed by atoms with Crippen LogP contribution in [0.25, 0.3) is 11.3 Å². The molecule has 0 radical (unpaired) electrons. The first-order valence-electron chi connectivity index (χ1n) is 5.40. The average molecular weight is 245 g/mol. The Hall–Kier alpha value is -2.50. The van der Waals surface area contributed by atoms with Gasteiger partial charge in [-0.25, -0.2) is 0 Å². The molecular weight excluding hydrogens is 234 g/mol. The van der Waals surface area contributed by atoms with E-state index in [1.807, 2.05) is 6.07 Å². The molecule has 92 valence electrons. The highest BCUT2D eigenvalue weighted by molar-refractivity contribution is 6.01. The molecule has 18 heavy (non-hydrogen) atoms. The molecule has 0 saturated heterocycles. The van der Waals surface area contributed by atoms with Crippen molar-refractivity contribution in [1.82, 2.24) is 5.16 Å². The monoisotopic (exact) mass is 245 g/mol. The molecule has 6 nitrogen and oxygen atoms in total. The lowest BCUT2D eigenvalue weighted by Crippen LogP contribution is -2.04. The molecule has 0 spiro atoms. The van der Waals surface area contributed by atoms with Gasteiger partial charge in [0.2, 0.25) is 5.91 Å². The Labute approximate surface area is 103 Å². The molecule has 2 heterocycles. The van der Waals surface area contributed by atoms with E-state index in [4.69, 9.17) is 15.0 Å². The van der Waals surface area contributed by atoms with Crippen molar-refractivity contribution in [3.63, 3.8) is 0 Å². The van der Waals surface area contributed by atoms with Crippen LogP contribution in [-0.4, -0.2) is 18.2 Å². The van der Waals surface area contributed by atoms with Gasteiger partial charge in [-0.05, 0) is 17.7 Å². The molecule has 1 aromatic heterocycles. The number of nitrogens with one attached hydrogen (secondary N) is 1. The maximum Gasteiger partial charge on any atom is 0.228 e. The summed E-state index contributed by atoms with van der Waals surface area (Å²) in [4.78, 5) is 11.4. The van der Waals surface area contributed by atoms with E-state index in [0.717, 1.165) is 16.8 Å². The Morgan fingerprint density at radius 3 is 2.94 bits per heavy atom. The van der Waals surface area contributed by atoms with Crippen molar-refractivity contribution in [2.75, 3.05) is 18.2 Å². The summed E-state index contributed by atoms with van der Waals surface area (Å²) in [5.74, 6) is 1.42. The molecule has 0 fully saturated rings. The minimum Gasteiger partial charge on any atom is -0.495 e. The zero-order valence-corrected chi connectivity index (χ0v) is 9.69. The number of nitrogens with zero attached hydrogens (tertiary/aromatic N) is 1. The number of amides is 1. The van der Waals surface area contributed by atoms with Crippen molar-refractivity contribution in [3.8, 4) is 17.1 Å². The second-order valence-electron chi connectivity index (χ2n) is 4.05. The topological polar surface area (TPSA) is 90.4 Å². The van der Waals surface area contributed by atoms with Crippen LogP contribution in [0.4, 0.5) is 11.5 Å². The number of ether oxygens (including phenoxy) is 1. The van der Waals surface area contributed by atoms with Gasteiger partial charge in [0.15, 0.2) is 11.6 Å². The number of methoxy groups -OCH3 is 1. The van der Waals surface area contributed by atoms with Crippen LogP contribution in [0.15, 0.2) is 22.7 Å². The standard InChI is InChI=1S/C12H11N3O3/c1-17-9-3-6(8-5-10(13)15-18-8)2-7-4-11(16)14-12(7)9/h2-3,5H,4H2,1H3,(H2,13,15)(H,14,16). The fraction of sp³-hybridized carbons (Fsp3) is 0.167. The molecule has 2 aromatic rings. The quantitative estimate of drug-likeness (QED) is 0.835. The van der Waals surface area contributed by atoms with Gasteiger partial charge in [-0.1, -0.05) is 5.16 Å². The number of hydrogen-bond donors (Lipinski definition) is 2. The number of nitrogen functional groups attached to an aromatic ring is 1. The van der Waals surface area contributed by atoms with Crippen molar-refractivity contribution in [3.05, 3.63) is 23.8 Å². The van der Waals surface area contributed by atoms with Crippen LogP contribution in [0.3, 0.4) is 0 Å². The highest BCUT2D eigenvalue weighted by Crippen LogP contribution is 2.38. The van der Waals surface area contributed by atoms with E-state index >= 15 is 0 Å². The highest BCUT2D eigenvalue weighted by Gasteiger charge is 2.23. The molecule has 1 aromatic carbocycles. The van der Waals surface area contributed by atoms with Gasteiger partial charge in [-0.2, -0.15) is 0 Å². The van der Waals surface area contributed by atoms with E-state index in [-0.39, 0.29) is 5.91 Å². The molecule has 0 bridgehead atoms. The minimum atomic E-state index is -0.0440. The van der Waals surface area contributed by atoms with Gasteiger partial charge in [0.1, 0.15) is 5.75 Å². The molecule has 3 rings (SSSR count). The number of aromatic nitrogens is 1. The third kappa shape index (κ3) is 1.58. The summed E-state index contributed by atoms with van der Waals surface area (Å²) in [6.07, 6.45) is 0.336. The summed E-state index contributed by atoms with van der Waals surface area (Å²) in [6.45, 7) is 0. The maximum atomic E-state index is 11.4. The summed E-state index contributed by atoms with van der Waals surface area (Å²) in [5.41, 5.74) is 7.90. The van der Waals surface area contributed by atoms with Crippen LogP contribution in [0.5, 0.6) is 5.75 Å². The third-order valence-corrected chi connectivity index (χ3v) is 2.83. The van der Waals surface area contributed by atoms with E-state index in [9.17, 15) is 4.79 Å². The Morgan fingerprint density at radius 2 is 2.28 bits per heavy atom. The Morgan fingerprint density at radius 1 is 1.44 bits per heavy atom. The first-order valence-corrected chi connectivity index (χ1v) is 5.40. The van der Waals surface area contributed by atoms with Crippen LogP contribution in [0.2, 0.25) is 0 Å². The molecule has 1 aliphatic heterocycles. The predicted octanol–water partition coefficient (Wildman–Crippen LogP) is 1.43. The van der Waals surface area contributed by atoms with Gasteiger partial charge < -0.3 is 20.3 Å². The van der Waals surface area contributed by atoms with Crippen molar-refractivity contribution >= 4 is 17.4 Å². The van der Waals surface area contributed by atoms with E-state index in [2.05, 4.69) is 10.5 Å². The van der Waals surface area contributed by atoms with Crippen molar-refractivity contribution in [1.29, 1.82) is 0 Å². The summed E-state index contributed by atoms with van der Waals surface area (Å²) in [5, 5.41) is 6.40. The predicted molar refractivity (Wildman–Crippen MR) is 65.2 cm³/mol. The van der Waals surface area contributed by atoms with E-state index in [0.29, 0.717) is 23.7 Å². The van der Waals surface area contributed by atoms with Gasteiger partial charge in [0.25, 0.3) is 0 Å². The molecule has 0 aliphatic carbocycles. The number of anilines is 2. The number of rotatable bonds is 2. The summed E-state index contributed by atoms with van der Waals surface area (Å²) in [7, 11) is 1.55. The van der Waals surface area contributed by atoms with E-state index in [1.54, 1.807) is 19.2 Å². The number of benzene rings is 1. The lowest BCUT2D eigenvalue weighted by molar-refractivity contribution is -0.115. The van der Waals surface area contributed by atoms with Crippen LogP contribution >= 0.6 is 0 Å². The Kier molecular flexibility index (Phi) is 2.22. The molecule has 0 saturated carbocycles. The molecule has 0 unspecified atom stereocenters. The number of carbonyl (C=O) groups is 1. The third-order valence-electron chi connectivity index (χ3n) is 2.83. The first-order chi connectivity index (χ1) is 8.67. The fourth-order valence-electron chi connectivity index (χ4n) is 2.04. The van der Waals surface area contributed by atoms with Gasteiger partial charge in [-0.3, -0.25) is 4.79 Å². The van der Waals surface area contributed by atoms with Gasteiger partial charge in [-0.15, -0.1) is 0 Å². The largest absolute Gasteiger partial charge is 0.495 e. The average Bonchev–Trinajstić information content (AvgIpc) is 2.92. The summed E-state index contributed by atoms with van der Waals surface area (Å²) < 4.78 is 10.4. The Bertz CT molecular complexity index is 633. The summed E-state index contributed by atoms with van der Waals surface area (Å²) >= 11 is 0. The van der Waals surface area contributed by atoms with Crippen LogP contribution < -0.4 is 15.8 Å². The lowest BCUT2D eigenvalue weighted by Gasteiger charge is -2.08. The van der Waals surface area contributed by atoms with Crippen LogP contribution in [0, 0.1) is 0 Å². The molecule has 0 atom stereocenters. The molecule has 1 aliphatic rings. The van der Waals surface area contributed by atoms with E-state index in [1.165, 1.54) is 0 Å². The van der Waals surface area contributed by atoms with Gasteiger partial charge >= 0.3 is 0 Å². The number of nitrogens with two attached hydrogens (primary N) is 1. The van der Waals surface area contributed by atoms with Crippen molar-refractivity contribution < 1.29 is 14.1 Å². The zero-order valence-electron chi connectivity index (χ0n) is 9.69. The van der Waals surface area contributed by atoms with Gasteiger partial charge in [0.05, 0.1) is 19.2 Å². The van der Waals surface area contributed by atoms with E-state index < -0.39 is 0 Å². The maximum absolute atomic E-state index is 11.4. The number of hydrogen-bond acceptors (Lipinski definition) is 5. The summed E-state index contributed by atoms with van der Waals surface area (Å²) in [6, 6.07) is 5.28. The van der Waals surface area contributed by atoms with Gasteiger partial charge in [0, 0.05) is 11.6 Å². The smallest absolute Gasteiger partial charge is 0.228 e. The Balaban J connectivity index is 2.13. The fourth-order valence-corrected chi connectivity index (χ4v) is 2.04. The minimum absolute atomic E-state index is 0.0440. The highest BCUT2D eigenvalue weighted by atomic mass is 16.5. The first kappa shape index (κ1) is 10.6. The lowest BCUT2D eigenvalue weighted by atomic mass is 10.1. The molecule has 6 heteroatoms. The molecular formula is C12H11N3O3. The second kappa shape index (κ2) is 3.76. The molecule has 1 amide bonds. The second-order valence-corrected chi connectivity index (χ2v) is 4.05. The SMILES string of the molecule is COc1cc(-c2cc(N)no2)cc2c1NC(=O)C2.